The lowest BCUT2D eigenvalue weighted by atomic mass is 10.1. The molecule has 0 saturated heterocycles. The largest absolute Gasteiger partial charge is 0.346 e. The number of rotatable bonds is 18. The average Bonchev–Trinajstić information content (AvgIpc) is 3.02. The van der Waals surface area contributed by atoms with E-state index < -0.39 is 0 Å². The van der Waals surface area contributed by atoms with Gasteiger partial charge in [0.25, 0.3) is 5.91 Å². The molecule has 0 fully saturated rings. The van der Waals surface area contributed by atoms with Gasteiger partial charge in [0, 0.05) is 55.6 Å². The molecule has 0 bridgehead atoms. The van der Waals surface area contributed by atoms with Gasteiger partial charge in [-0.25, -0.2) is 9.98 Å². The molecule has 0 aromatic heterocycles. The van der Waals surface area contributed by atoms with E-state index in [1.54, 1.807) is 12.4 Å². The molecule has 8 nitrogen and oxygen atoms in total. The lowest BCUT2D eigenvalue weighted by Gasteiger charge is -2.14. The van der Waals surface area contributed by atoms with Crippen LogP contribution < -0.4 is 16.0 Å². The van der Waals surface area contributed by atoms with E-state index in [-0.39, 0.29) is 11.9 Å². The van der Waals surface area contributed by atoms with Gasteiger partial charge in [-0.1, -0.05) is 71.6 Å². The first kappa shape index (κ1) is 42.5. The van der Waals surface area contributed by atoms with Gasteiger partial charge in [0.05, 0.1) is 5.70 Å². The number of hydrogen-bond acceptors (Lipinski definition) is 5. The molecule has 0 aliphatic heterocycles. The fraction of sp³-hybridized carbons (Fsp3) is 0.500. The third-order valence-corrected chi connectivity index (χ3v) is 6.01. The quantitative estimate of drug-likeness (QED) is 0.0501. The van der Waals surface area contributed by atoms with Crippen LogP contribution in [0.1, 0.15) is 82.1 Å². The first-order valence-corrected chi connectivity index (χ1v) is 15.9. The number of amides is 1. The summed E-state index contributed by atoms with van der Waals surface area (Å²) in [5.74, 6) is 0.249. The van der Waals surface area contributed by atoms with Crippen LogP contribution in [0.15, 0.2) is 98.4 Å². The maximum absolute atomic E-state index is 13.1. The van der Waals surface area contributed by atoms with E-state index in [0.717, 1.165) is 50.2 Å². The summed E-state index contributed by atoms with van der Waals surface area (Å²) in [4.78, 5) is 28.9. The average molecular weight is 608 g/mol. The number of carbonyl (C=O) groups is 1. The Bertz CT molecular complexity index is 1100. The fourth-order valence-corrected chi connectivity index (χ4v) is 3.18. The summed E-state index contributed by atoms with van der Waals surface area (Å²) in [6, 6.07) is -0.286. The lowest BCUT2D eigenvalue weighted by Crippen LogP contribution is -2.32. The van der Waals surface area contributed by atoms with Crippen LogP contribution in [0.3, 0.4) is 0 Å². The molecule has 0 spiro atoms. The molecule has 0 aromatic carbocycles. The molecule has 0 aromatic rings. The Hall–Kier alpha value is -3.62. The molecule has 246 valence electrons. The maximum atomic E-state index is 13.1. The van der Waals surface area contributed by atoms with E-state index in [0.29, 0.717) is 22.9 Å². The number of likely N-dealkylation sites (N-methyl/N-ethyl adjacent to an activating group) is 1. The van der Waals surface area contributed by atoms with Crippen molar-refractivity contribution in [3.05, 3.63) is 83.4 Å². The summed E-state index contributed by atoms with van der Waals surface area (Å²) in [6.07, 6.45) is 20.3. The molecule has 0 saturated carbocycles. The highest BCUT2D eigenvalue weighted by atomic mass is 16.1. The van der Waals surface area contributed by atoms with E-state index in [2.05, 4.69) is 51.4 Å². The molecule has 8 heteroatoms. The van der Waals surface area contributed by atoms with Crippen molar-refractivity contribution in [3.8, 4) is 0 Å². The predicted octanol–water partition coefficient (Wildman–Crippen LogP) is 7.29. The minimum atomic E-state index is -0.286. The Morgan fingerprint density at radius 2 is 1.73 bits per heavy atom. The summed E-state index contributed by atoms with van der Waals surface area (Å²) in [5, 5.41) is 9.67. The second-order valence-electron chi connectivity index (χ2n) is 9.75. The van der Waals surface area contributed by atoms with E-state index in [9.17, 15) is 4.79 Å². The number of allylic oxidation sites excluding steroid dienone is 6. The Labute approximate surface area is 269 Å². The van der Waals surface area contributed by atoms with E-state index >= 15 is 0 Å². The standard InChI is InChI=1S/C34H55N7O.C2H6/c1-11-18-31(19-16-17-22-35-23-24-41(10)15-5)33(42)38-29(8)25-32(27(6)14-4)40-34(37-21-13-3)39-30(9)28(7)26-36-20-12-2;1-2/h11,14,16-21,25-26,29,35H,9,12-13,15,22-24H2,1-8,10H3,(H,38,42)(H,39,40);1-2H3/b17-16+,18-11-,27-14-,28-26+,31-19+,32-25+,36-20?,37-21-;. The minimum Gasteiger partial charge on any atom is -0.346 e. The zero-order valence-electron chi connectivity index (χ0n) is 29.5. The molecule has 1 unspecified atom stereocenters. The van der Waals surface area contributed by atoms with Gasteiger partial charge in [-0.05, 0) is 84.4 Å². The Morgan fingerprint density at radius 1 is 1.05 bits per heavy atom. The molecule has 44 heavy (non-hydrogen) atoms. The predicted molar refractivity (Wildman–Crippen MR) is 196 cm³/mol. The van der Waals surface area contributed by atoms with Crippen LogP contribution in [0, 0.1) is 0 Å². The second-order valence-corrected chi connectivity index (χ2v) is 9.75. The van der Waals surface area contributed by atoms with Crippen molar-refractivity contribution in [2.24, 2.45) is 15.0 Å². The number of guanidine groups is 1. The molecule has 0 radical (unpaired) electrons. The van der Waals surface area contributed by atoms with Crippen molar-refractivity contribution in [2.45, 2.75) is 88.1 Å². The number of nitrogens with zero attached hydrogens (tertiary/aromatic N) is 4. The molecule has 0 aliphatic carbocycles. The van der Waals surface area contributed by atoms with Crippen LogP contribution in [0.4, 0.5) is 0 Å². The molecule has 1 atom stereocenters. The fourth-order valence-electron chi connectivity index (χ4n) is 3.18. The summed E-state index contributed by atoms with van der Waals surface area (Å²) < 4.78 is 0. The number of nitrogens with one attached hydrogen (secondary N) is 3. The third kappa shape index (κ3) is 21.1. The van der Waals surface area contributed by atoms with E-state index in [1.807, 2.05) is 111 Å². The van der Waals surface area contributed by atoms with Crippen LogP contribution in [0.5, 0.6) is 0 Å². The highest BCUT2D eigenvalue weighted by Gasteiger charge is 2.11. The molecule has 0 heterocycles. The Morgan fingerprint density at radius 3 is 2.32 bits per heavy atom. The van der Waals surface area contributed by atoms with Gasteiger partial charge in [-0.15, -0.1) is 0 Å². The van der Waals surface area contributed by atoms with Crippen LogP contribution >= 0.6 is 0 Å². The Kier molecular flexibility index (Phi) is 27.2. The number of carbonyl (C=O) groups excluding carboxylic acids is 1. The number of aliphatic imine (C=N–C) groups is 3. The van der Waals surface area contributed by atoms with Gasteiger partial charge in [0.15, 0.2) is 0 Å². The van der Waals surface area contributed by atoms with Crippen molar-refractivity contribution >= 4 is 24.3 Å². The summed E-state index contributed by atoms with van der Waals surface area (Å²) in [6.45, 7) is 27.7. The molecule has 0 aliphatic rings. The van der Waals surface area contributed by atoms with Gasteiger partial charge in [-0.2, -0.15) is 0 Å². The van der Waals surface area contributed by atoms with Gasteiger partial charge in [0.1, 0.15) is 0 Å². The van der Waals surface area contributed by atoms with Crippen molar-refractivity contribution in [1.29, 1.82) is 0 Å². The van der Waals surface area contributed by atoms with Crippen molar-refractivity contribution in [3.63, 3.8) is 0 Å². The van der Waals surface area contributed by atoms with Gasteiger partial charge in [0.2, 0.25) is 5.96 Å². The molecular formula is C36H61N7O. The van der Waals surface area contributed by atoms with Crippen molar-refractivity contribution in [1.82, 2.24) is 20.9 Å². The monoisotopic (exact) mass is 607 g/mol. The third-order valence-electron chi connectivity index (χ3n) is 6.01. The van der Waals surface area contributed by atoms with E-state index in [4.69, 9.17) is 4.99 Å². The van der Waals surface area contributed by atoms with Gasteiger partial charge < -0.3 is 20.9 Å². The first-order chi connectivity index (χ1) is 21.1. The highest BCUT2D eigenvalue weighted by Crippen LogP contribution is 2.14. The normalized spacial score (nSPS) is 14.6. The molecule has 0 rings (SSSR count). The minimum absolute atomic E-state index is 0.162. The zero-order chi connectivity index (χ0) is 33.8. The van der Waals surface area contributed by atoms with Crippen molar-refractivity contribution < 1.29 is 4.79 Å². The molecule has 1 amide bonds. The topological polar surface area (TPSA) is 93.5 Å². The van der Waals surface area contributed by atoms with Crippen LogP contribution in [-0.4, -0.2) is 68.5 Å². The smallest absolute Gasteiger partial charge is 0.251 e. The lowest BCUT2D eigenvalue weighted by molar-refractivity contribution is -0.117. The molecule has 3 N–H and O–H groups in total. The van der Waals surface area contributed by atoms with Crippen molar-refractivity contribution in [2.75, 3.05) is 33.2 Å². The second kappa shape index (κ2) is 28.2. The SMILES string of the molecule is C=C(NC(/N=C\CC)=N/C(=C/C(C)NC(=O)C(/C=C\C)=C/C=C/CNCCN(C)CC)C(/C)=C\C)/C(C)=C/N=CCC.CC. The molecular weight excluding hydrogens is 546 g/mol. The highest BCUT2D eigenvalue weighted by molar-refractivity contribution is 5.96. The van der Waals surface area contributed by atoms with E-state index in [1.165, 1.54) is 0 Å². The Balaban J connectivity index is 0. The summed E-state index contributed by atoms with van der Waals surface area (Å²) in [5.41, 5.74) is 3.77. The first-order valence-electron chi connectivity index (χ1n) is 15.9. The van der Waals surface area contributed by atoms with Crippen LogP contribution in [0.2, 0.25) is 0 Å². The summed E-state index contributed by atoms with van der Waals surface area (Å²) >= 11 is 0. The van der Waals surface area contributed by atoms with Gasteiger partial charge >= 0.3 is 0 Å². The van der Waals surface area contributed by atoms with Crippen LogP contribution in [-0.2, 0) is 4.79 Å². The van der Waals surface area contributed by atoms with Gasteiger partial charge in [-0.3, -0.25) is 9.79 Å². The van der Waals surface area contributed by atoms with Crippen LogP contribution in [0.25, 0.3) is 0 Å². The maximum Gasteiger partial charge on any atom is 0.251 e. The number of hydrogen-bond donors (Lipinski definition) is 3. The zero-order valence-corrected chi connectivity index (χ0v) is 29.5. The summed E-state index contributed by atoms with van der Waals surface area (Å²) in [7, 11) is 2.10.